The van der Waals surface area contributed by atoms with E-state index in [2.05, 4.69) is 0 Å². The molecule has 0 aliphatic carbocycles. The highest BCUT2D eigenvalue weighted by atomic mass is 16.4. The molecule has 0 heterocycles. The molecule has 0 saturated carbocycles. The summed E-state index contributed by atoms with van der Waals surface area (Å²) >= 11 is 0. The molecular formula is C5H9BO2-. The molecule has 0 aromatic rings. The van der Waals surface area contributed by atoms with Crippen LogP contribution in [0.1, 0.15) is 20.8 Å². The molecule has 0 aromatic heterocycles. The van der Waals surface area contributed by atoms with Crippen molar-refractivity contribution < 1.29 is 9.90 Å². The standard InChI is InChI=1S/C5H10BO2/c1-5(2,3)6-4(7)8/h1-3H3,(H,7,8)/p-1. The van der Waals surface area contributed by atoms with E-state index >= 15 is 0 Å². The second kappa shape index (κ2) is 2.20. The molecule has 0 bridgehead atoms. The second-order valence-corrected chi connectivity index (χ2v) is 2.83. The molecule has 2 nitrogen and oxygen atoms in total. The smallest absolute Gasteiger partial charge is 0.179 e. The third-order valence-electron chi connectivity index (χ3n) is 0.551. The predicted molar refractivity (Wildman–Crippen MR) is 30.9 cm³/mol. The van der Waals surface area contributed by atoms with Crippen LogP contribution in [0, 0.1) is 0 Å². The van der Waals surface area contributed by atoms with Gasteiger partial charge < -0.3 is 9.90 Å². The zero-order valence-electron chi connectivity index (χ0n) is 5.39. The average molecular weight is 112 g/mol. The molecule has 3 heteroatoms. The summed E-state index contributed by atoms with van der Waals surface area (Å²) < 4.78 is 0. The summed E-state index contributed by atoms with van der Waals surface area (Å²) in [5, 5.41) is 9.58. The van der Waals surface area contributed by atoms with E-state index in [1.165, 1.54) is 0 Å². The predicted octanol–water partition coefficient (Wildman–Crippen LogP) is 0.252. The molecule has 0 fully saturated rings. The molecule has 0 aromatic carbocycles. The maximum atomic E-state index is 9.85. The van der Waals surface area contributed by atoms with Crippen LogP contribution in [0.3, 0.4) is 0 Å². The number of carboxylic acid groups (broad SMARTS) is 1. The number of hydrogen-bond acceptors (Lipinski definition) is 2. The Labute approximate surface area is 50.1 Å². The van der Waals surface area contributed by atoms with Gasteiger partial charge in [-0.25, -0.2) is 0 Å². The second-order valence-electron chi connectivity index (χ2n) is 2.83. The Hall–Kier alpha value is -0.465. The zero-order chi connectivity index (χ0) is 6.78. The molecule has 0 aliphatic heterocycles. The summed E-state index contributed by atoms with van der Waals surface area (Å²) in [5.74, 6) is -1.10. The molecule has 0 atom stereocenters. The van der Waals surface area contributed by atoms with Gasteiger partial charge in [-0.3, -0.25) is 0 Å². The van der Waals surface area contributed by atoms with Gasteiger partial charge in [0.15, 0.2) is 7.28 Å². The SMILES string of the molecule is CC(C)(C)[B]C(=O)[O-]. The Balaban J connectivity index is 3.55. The van der Waals surface area contributed by atoms with Crippen LogP contribution in [0.15, 0.2) is 0 Å². The van der Waals surface area contributed by atoms with E-state index in [-0.39, 0.29) is 5.31 Å². The molecule has 0 rings (SSSR count). The average Bonchev–Trinajstić information content (AvgIpc) is 1.21. The first-order chi connectivity index (χ1) is 3.42. The van der Waals surface area contributed by atoms with Gasteiger partial charge in [0.1, 0.15) is 0 Å². The topological polar surface area (TPSA) is 40.1 Å². The minimum Gasteiger partial charge on any atom is -0.562 e. The Morgan fingerprint density at radius 3 is 1.88 bits per heavy atom. The van der Waals surface area contributed by atoms with E-state index in [0.717, 1.165) is 7.28 Å². The highest BCUT2D eigenvalue weighted by Gasteiger charge is 2.11. The van der Waals surface area contributed by atoms with Crippen molar-refractivity contribution in [3.63, 3.8) is 0 Å². The minimum absolute atomic E-state index is 0.265. The summed E-state index contributed by atoms with van der Waals surface area (Å²) in [4.78, 5) is 9.85. The summed E-state index contributed by atoms with van der Waals surface area (Å²) in [6.45, 7) is 5.42. The molecule has 45 valence electrons. The van der Waals surface area contributed by atoms with Gasteiger partial charge in [0.25, 0.3) is 0 Å². The van der Waals surface area contributed by atoms with Crippen LogP contribution in [0.25, 0.3) is 0 Å². The van der Waals surface area contributed by atoms with Gasteiger partial charge >= 0.3 is 0 Å². The van der Waals surface area contributed by atoms with Gasteiger partial charge in [0.2, 0.25) is 0 Å². The zero-order valence-corrected chi connectivity index (χ0v) is 5.39. The first-order valence-electron chi connectivity index (χ1n) is 2.49. The molecule has 0 saturated heterocycles. The van der Waals surface area contributed by atoms with Crippen LogP contribution in [0.5, 0.6) is 0 Å². The fraction of sp³-hybridized carbons (Fsp3) is 0.800. The van der Waals surface area contributed by atoms with Gasteiger partial charge in [-0.15, -0.1) is 0 Å². The highest BCUT2D eigenvalue weighted by Crippen LogP contribution is 2.18. The molecule has 0 N–H and O–H groups in total. The highest BCUT2D eigenvalue weighted by molar-refractivity contribution is 6.73. The van der Waals surface area contributed by atoms with E-state index in [1.54, 1.807) is 0 Å². The van der Waals surface area contributed by atoms with Crippen molar-refractivity contribution in [2.75, 3.05) is 0 Å². The summed E-state index contributed by atoms with van der Waals surface area (Å²) in [5.41, 5.74) is 0. The molecule has 1 radical (unpaired) electrons. The molecule has 8 heavy (non-hydrogen) atoms. The third kappa shape index (κ3) is 5.53. The van der Waals surface area contributed by atoms with Gasteiger partial charge in [0, 0.05) is 0 Å². The lowest BCUT2D eigenvalue weighted by molar-refractivity contribution is -0.234. The van der Waals surface area contributed by atoms with Crippen molar-refractivity contribution in [3.05, 3.63) is 0 Å². The lowest BCUT2D eigenvalue weighted by Crippen LogP contribution is -2.32. The Morgan fingerprint density at radius 1 is 1.50 bits per heavy atom. The number of rotatable bonds is 1. The monoisotopic (exact) mass is 112 g/mol. The van der Waals surface area contributed by atoms with Crippen molar-refractivity contribution in [1.82, 2.24) is 0 Å². The maximum Gasteiger partial charge on any atom is 0.179 e. The van der Waals surface area contributed by atoms with Crippen LogP contribution < -0.4 is 5.11 Å². The van der Waals surface area contributed by atoms with Crippen LogP contribution in [0.4, 0.5) is 4.79 Å². The Bertz CT molecular complexity index is 93.1. The molecule has 0 unspecified atom stereocenters. The van der Waals surface area contributed by atoms with E-state index < -0.39 is 5.87 Å². The molecule has 0 aliphatic rings. The fourth-order valence-corrected chi connectivity index (χ4v) is 0.354. The summed E-state index contributed by atoms with van der Waals surface area (Å²) in [6, 6.07) is 0. The van der Waals surface area contributed by atoms with Crippen molar-refractivity contribution in [1.29, 1.82) is 0 Å². The lowest BCUT2D eigenvalue weighted by atomic mass is 9.55. The molecular weight excluding hydrogens is 103 g/mol. The quantitative estimate of drug-likeness (QED) is 0.456. The number of hydrogen-bond donors (Lipinski definition) is 0. The van der Waals surface area contributed by atoms with Crippen molar-refractivity contribution in [2.45, 2.75) is 26.1 Å². The van der Waals surface area contributed by atoms with Crippen LogP contribution >= 0.6 is 0 Å². The fourth-order valence-electron chi connectivity index (χ4n) is 0.354. The Morgan fingerprint density at radius 2 is 1.88 bits per heavy atom. The van der Waals surface area contributed by atoms with Gasteiger partial charge in [-0.2, -0.15) is 0 Å². The summed E-state index contributed by atoms with van der Waals surface area (Å²) in [6.07, 6.45) is 0. The maximum absolute atomic E-state index is 9.85. The molecule has 0 amide bonds. The number of carbonyl (C=O) groups excluding carboxylic acids is 1. The van der Waals surface area contributed by atoms with Gasteiger partial charge in [-0.1, -0.05) is 26.1 Å². The van der Waals surface area contributed by atoms with Crippen LogP contribution in [-0.4, -0.2) is 13.1 Å². The number of carbonyl (C=O) groups is 1. The first-order valence-corrected chi connectivity index (χ1v) is 2.49. The van der Waals surface area contributed by atoms with Crippen molar-refractivity contribution >= 4 is 13.1 Å². The van der Waals surface area contributed by atoms with E-state index in [4.69, 9.17) is 0 Å². The first kappa shape index (κ1) is 7.53. The van der Waals surface area contributed by atoms with Crippen LogP contribution in [-0.2, 0) is 0 Å². The normalized spacial score (nSPS) is 10.9. The van der Waals surface area contributed by atoms with Gasteiger partial charge in [0.05, 0.1) is 0 Å². The largest absolute Gasteiger partial charge is 0.562 e. The minimum atomic E-state index is -1.10. The van der Waals surface area contributed by atoms with E-state index in [0.29, 0.717) is 0 Å². The van der Waals surface area contributed by atoms with Crippen molar-refractivity contribution in [3.8, 4) is 0 Å². The Kier molecular flexibility index (Phi) is 2.07. The van der Waals surface area contributed by atoms with Crippen LogP contribution in [0.2, 0.25) is 5.31 Å². The van der Waals surface area contributed by atoms with E-state index in [1.807, 2.05) is 20.8 Å². The van der Waals surface area contributed by atoms with Crippen molar-refractivity contribution in [2.24, 2.45) is 0 Å². The lowest BCUT2D eigenvalue weighted by Gasteiger charge is -2.15. The van der Waals surface area contributed by atoms with Gasteiger partial charge in [-0.05, 0) is 5.87 Å². The third-order valence-corrected chi connectivity index (χ3v) is 0.551. The molecule has 0 spiro atoms. The summed E-state index contributed by atoms with van der Waals surface area (Å²) in [7, 11) is 1.16. The van der Waals surface area contributed by atoms with E-state index in [9.17, 15) is 9.90 Å².